The third-order valence-electron chi connectivity index (χ3n) is 10.0. The van der Waals surface area contributed by atoms with E-state index in [-0.39, 0.29) is 12.4 Å². The largest absolute Gasteiger partial charge is 1.00 e. The Morgan fingerprint density at radius 3 is 1.00 bits per heavy atom. The minimum absolute atomic E-state index is 0. The average molecular weight is 739 g/mol. The SMILES string of the molecule is CCCCCCCCCCCCOc1ccc(C[N+](C)(C)C)c(OCCCCCCCCCCCC)c1OCCCCCCCCCCCC.[Cl-]. The number of benzene rings is 1. The van der Waals surface area contributed by atoms with Gasteiger partial charge in [0.15, 0.2) is 11.5 Å². The maximum atomic E-state index is 6.67. The van der Waals surface area contributed by atoms with E-state index in [4.69, 9.17) is 14.2 Å². The summed E-state index contributed by atoms with van der Waals surface area (Å²) in [6.45, 7) is 10.0. The molecule has 0 atom stereocenters. The van der Waals surface area contributed by atoms with Crippen LogP contribution in [0.3, 0.4) is 0 Å². The summed E-state index contributed by atoms with van der Waals surface area (Å²) in [4.78, 5) is 0. The van der Waals surface area contributed by atoms with E-state index in [1.807, 2.05) is 0 Å². The second-order valence-electron chi connectivity index (χ2n) is 16.4. The van der Waals surface area contributed by atoms with Crippen LogP contribution in [0, 0.1) is 0 Å². The second kappa shape index (κ2) is 35.9. The summed E-state index contributed by atoms with van der Waals surface area (Å²) in [6.07, 6.45) is 40.0. The molecule has 0 bridgehead atoms. The normalized spacial score (nSPS) is 11.5. The fourth-order valence-electron chi connectivity index (χ4n) is 6.93. The van der Waals surface area contributed by atoms with Crippen molar-refractivity contribution in [2.45, 2.75) is 220 Å². The molecular formula is C46H88ClNO3. The molecule has 0 aromatic heterocycles. The number of unbranched alkanes of at least 4 members (excludes halogenated alkanes) is 27. The molecule has 0 aliphatic carbocycles. The van der Waals surface area contributed by atoms with Gasteiger partial charge < -0.3 is 31.1 Å². The van der Waals surface area contributed by atoms with Crippen molar-refractivity contribution in [1.82, 2.24) is 0 Å². The Morgan fingerprint density at radius 2 is 0.667 bits per heavy atom. The van der Waals surface area contributed by atoms with Crippen molar-refractivity contribution in [3.05, 3.63) is 17.7 Å². The fourth-order valence-corrected chi connectivity index (χ4v) is 6.93. The highest BCUT2D eigenvalue weighted by Crippen LogP contribution is 2.42. The van der Waals surface area contributed by atoms with Crippen molar-refractivity contribution >= 4 is 0 Å². The van der Waals surface area contributed by atoms with Crippen LogP contribution in [0.2, 0.25) is 0 Å². The van der Waals surface area contributed by atoms with Gasteiger partial charge in [0.2, 0.25) is 5.75 Å². The van der Waals surface area contributed by atoms with Gasteiger partial charge >= 0.3 is 0 Å². The minimum atomic E-state index is 0. The van der Waals surface area contributed by atoms with E-state index in [0.29, 0.717) is 0 Å². The maximum absolute atomic E-state index is 6.67. The summed E-state index contributed by atoms with van der Waals surface area (Å²) < 4.78 is 20.6. The molecule has 0 amide bonds. The van der Waals surface area contributed by atoms with E-state index >= 15 is 0 Å². The van der Waals surface area contributed by atoms with Crippen molar-refractivity contribution in [2.75, 3.05) is 41.0 Å². The standard InChI is InChI=1S/C46H88NO3.ClH/c1-7-10-13-16-19-22-25-28-31-34-39-48-44-38-37-43(42-47(4,5)6)45(49-40-35-32-29-26-23-20-17-14-11-8-2)46(44)50-41-36-33-30-27-24-21-18-15-12-9-3;/h37-38H,7-36,39-42H2,1-6H3;1H/q+1;/p-1. The third-order valence-corrected chi connectivity index (χ3v) is 10.0. The van der Waals surface area contributed by atoms with Crippen molar-refractivity contribution in [2.24, 2.45) is 0 Å². The summed E-state index contributed by atoms with van der Waals surface area (Å²) >= 11 is 0. The molecule has 0 N–H and O–H groups in total. The number of quaternary nitrogens is 1. The highest BCUT2D eigenvalue weighted by atomic mass is 35.5. The lowest BCUT2D eigenvalue weighted by molar-refractivity contribution is -0.884. The first kappa shape index (κ1) is 49.9. The van der Waals surface area contributed by atoms with E-state index in [1.165, 1.54) is 179 Å². The average Bonchev–Trinajstić information content (AvgIpc) is 3.09. The molecule has 0 heterocycles. The van der Waals surface area contributed by atoms with Crippen LogP contribution < -0.4 is 26.6 Å². The van der Waals surface area contributed by atoms with Crippen LogP contribution in [0.25, 0.3) is 0 Å². The molecule has 0 saturated carbocycles. The summed E-state index contributed by atoms with van der Waals surface area (Å²) in [5.74, 6) is 2.66. The van der Waals surface area contributed by atoms with E-state index in [2.05, 4.69) is 54.0 Å². The van der Waals surface area contributed by atoms with Gasteiger partial charge in [-0.1, -0.05) is 194 Å². The van der Waals surface area contributed by atoms with Crippen LogP contribution in [0.5, 0.6) is 17.2 Å². The van der Waals surface area contributed by atoms with E-state index in [0.717, 1.165) is 67.4 Å². The Morgan fingerprint density at radius 1 is 0.373 bits per heavy atom. The van der Waals surface area contributed by atoms with Crippen LogP contribution in [0.4, 0.5) is 0 Å². The van der Waals surface area contributed by atoms with Gasteiger partial charge in [-0.15, -0.1) is 0 Å². The molecule has 0 aliphatic rings. The van der Waals surface area contributed by atoms with Gasteiger partial charge in [0.1, 0.15) is 6.54 Å². The van der Waals surface area contributed by atoms with Crippen LogP contribution in [-0.2, 0) is 6.54 Å². The van der Waals surface area contributed by atoms with Gasteiger partial charge in [-0.05, 0) is 31.4 Å². The predicted molar refractivity (Wildman–Crippen MR) is 220 cm³/mol. The Labute approximate surface area is 325 Å². The number of ether oxygens (including phenoxy) is 3. The van der Waals surface area contributed by atoms with Crippen molar-refractivity contribution in [1.29, 1.82) is 0 Å². The first-order chi connectivity index (χ1) is 24.4. The topological polar surface area (TPSA) is 27.7 Å². The Bertz CT molecular complexity index is 871. The summed E-state index contributed by atoms with van der Waals surface area (Å²) in [6, 6.07) is 4.39. The van der Waals surface area contributed by atoms with Crippen LogP contribution in [0.1, 0.15) is 219 Å². The number of rotatable bonds is 38. The Kier molecular flexibility index (Phi) is 35.1. The molecule has 0 saturated heterocycles. The number of halogens is 1. The van der Waals surface area contributed by atoms with Crippen molar-refractivity contribution in [3.8, 4) is 17.2 Å². The number of nitrogens with zero attached hydrogens (tertiary/aromatic N) is 1. The van der Waals surface area contributed by atoms with Crippen LogP contribution in [0.15, 0.2) is 12.1 Å². The first-order valence-corrected chi connectivity index (χ1v) is 22.3. The molecule has 302 valence electrons. The lowest BCUT2D eigenvalue weighted by Crippen LogP contribution is -3.00. The highest BCUT2D eigenvalue weighted by Gasteiger charge is 2.22. The molecule has 4 nitrogen and oxygen atoms in total. The van der Waals surface area contributed by atoms with Crippen LogP contribution >= 0.6 is 0 Å². The molecule has 1 aromatic carbocycles. The van der Waals surface area contributed by atoms with E-state index in [9.17, 15) is 0 Å². The second-order valence-corrected chi connectivity index (χ2v) is 16.4. The number of hydrogen-bond acceptors (Lipinski definition) is 3. The van der Waals surface area contributed by atoms with Gasteiger partial charge in [0.25, 0.3) is 0 Å². The van der Waals surface area contributed by atoms with Crippen molar-refractivity contribution < 1.29 is 31.1 Å². The van der Waals surface area contributed by atoms with Gasteiger partial charge in [-0.25, -0.2) is 0 Å². The molecule has 0 radical (unpaired) electrons. The molecule has 0 unspecified atom stereocenters. The zero-order chi connectivity index (χ0) is 36.4. The quantitative estimate of drug-likeness (QED) is 0.0499. The first-order valence-electron chi connectivity index (χ1n) is 22.3. The molecule has 51 heavy (non-hydrogen) atoms. The number of hydrogen-bond donors (Lipinski definition) is 0. The van der Waals surface area contributed by atoms with E-state index < -0.39 is 0 Å². The van der Waals surface area contributed by atoms with Crippen molar-refractivity contribution in [3.63, 3.8) is 0 Å². The summed E-state index contributed by atoms with van der Waals surface area (Å²) in [7, 11) is 6.77. The van der Waals surface area contributed by atoms with Crippen LogP contribution in [-0.4, -0.2) is 45.4 Å². The third kappa shape index (κ3) is 30.0. The fraction of sp³-hybridized carbons (Fsp3) is 0.870. The Balaban J connectivity index is 0.0000250. The van der Waals surface area contributed by atoms with Gasteiger partial charge in [0.05, 0.1) is 46.5 Å². The molecule has 1 aromatic rings. The molecule has 1 rings (SSSR count). The summed E-state index contributed by atoms with van der Waals surface area (Å²) in [5, 5.41) is 0. The molecular weight excluding hydrogens is 650 g/mol. The minimum Gasteiger partial charge on any atom is -1.00 e. The Hall–Kier alpha value is -1.13. The molecule has 0 fully saturated rings. The van der Waals surface area contributed by atoms with Gasteiger partial charge in [0, 0.05) is 0 Å². The molecule has 5 heteroatoms. The van der Waals surface area contributed by atoms with E-state index in [1.54, 1.807) is 0 Å². The van der Waals surface area contributed by atoms with Gasteiger partial charge in [-0.3, -0.25) is 0 Å². The monoisotopic (exact) mass is 738 g/mol. The predicted octanol–water partition coefficient (Wildman–Crippen LogP) is 11.8. The zero-order valence-electron chi connectivity index (χ0n) is 35.2. The molecule has 0 aliphatic heterocycles. The highest BCUT2D eigenvalue weighted by molar-refractivity contribution is 5.55. The summed E-state index contributed by atoms with van der Waals surface area (Å²) in [5.41, 5.74) is 1.23. The maximum Gasteiger partial charge on any atom is 0.204 e. The molecule has 0 spiro atoms. The van der Waals surface area contributed by atoms with Gasteiger partial charge in [-0.2, -0.15) is 0 Å². The smallest absolute Gasteiger partial charge is 0.204 e. The lowest BCUT2D eigenvalue weighted by atomic mass is 10.1. The zero-order valence-corrected chi connectivity index (χ0v) is 36.0. The lowest BCUT2D eigenvalue weighted by Gasteiger charge is -2.26.